The van der Waals surface area contributed by atoms with Gasteiger partial charge in [-0.2, -0.15) is 0 Å². The van der Waals surface area contributed by atoms with Gasteiger partial charge in [-0.05, 0) is 33.4 Å². The normalized spacial score (nSPS) is 20.5. The largest absolute Gasteiger partial charge is 0.360 e. The topological polar surface area (TPSA) is 35.5 Å². The number of aromatic nitrogens is 2. The van der Waals surface area contributed by atoms with Crippen molar-refractivity contribution in [3.05, 3.63) is 12.4 Å². The minimum atomic E-state index is 0.685. The molecule has 106 valence electrons. The molecule has 2 rings (SSSR count). The Bertz CT molecular complexity index is 405. The van der Waals surface area contributed by atoms with Crippen LogP contribution in [-0.4, -0.2) is 62.2 Å². The molecule has 1 saturated heterocycles. The van der Waals surface area contributed by atoms with Crippen LogP contribution >= 0.6 is 0 Å². The molecule has 1 aliphatic rings. The van der Waals surface area contributed by atoms with Crippen LogP contribution in [0.25, 0.3) is 0 Å². The molecule has 19 heavy (non-hydrogen) atoms. The second-order valence-corrected chi connectivity index (χ2v) is 5.63. The van der Waals surface area contributed by atoms with Crippen molar-refractivity contribution in [1.29, 1.82) is 0 Å². The average Bonchev–Trinajstić information content (AvgIpc) is 2.64. The molecule has 0 bridgehead atoms. The van der Waals surface area contributed by atoms with Crippen molar-refractivity contribution in [2.75, 3.05) is 51.1 Å². The molecular formula is C14H25N5. The molecule has 0 aliphatic carbocycles. The molecule has 1 aliphatic heterocycles. The van der Waals surface area contributed by atoms with Crippen LogP contribution in [0, 0.1) is 0 Å². The third-order valence-corrected chi connectivity index (χ3v) is 3.81. The smallest absolute Gasteiger partial charge is 0.171 e. The van der Waals surface area contributed by atoms with Gasteiger partial charge in [0.2, 0.25) is 0 Å². The Hall–Kier alpha value is -1.36. The Morgan fingerprint density at radius 1 is 1.05 bits per heavy atom. The number of anilines is 2. The Labute approximate surface area is 116 Å². The summed E-state index contributed by atoms with van der Waals surface area (Å²) in [7, 11) is 8.39. The van der Waals surface area contributed by atoms with E-state index in [9.17, 15) is 0 Å². The SMILES string of the molecule is CN(C)c1nccnc1N1CCCC(N(C)C)CC1. The van der Waals surface area contributed by atoms with E-state index >= 15 is 0 Å². The zero-order valence-electron chi connectivity index (χ0n) is 12.5. The predicted molar refractivity (Wildman–Crippen MR) is 79.9 cm³/mol. The molecule has 0 spiro atoms. The van der Waals surface area contributed by atoms with Gasteiger partial charge in [-0.3, -0.25) is 0 Å². The maximum absolute atomic E-state index is 4.54. The minimum Gasteiger partial charge on any atom is -0.360 e. The van der Waals surface area contributed by atoms with Crippen LogP contribution in [-0.2, 0) is 0 Å². The van der Waals surface area contributed by atoms with Crippen LogP contribution in [0.2, 0.25) is 0 Å². The van der Waals surface area contributed by atoms with Crippen LogP contribution in [0.4, 0.5) is 11.6 Å². The summed E-state index contributed by atoms with van der Waals surface area (Å²) in [5.74, 6) is 1.98. The molecule has 0 aromatic carbocycles. The summed E-state index contributed by atoms with van der Waals surface area (Å²) in [5.41, 5.74) is 0. The van der Waals surface area contributed by atoms with Gasteiger partial charge in [0.25, 0.3) is 0 Å². The van der Waals surface area contributed by atoms with Crippen LogP contribution in [0.15, 0.2) is 12.4 Å². The van der Waals surface area contributed by atoms with E-state index < -0.39 is 0 Å². The fourth-order valence-corrected chi connectivity index (χ4v) is 2.67. The summed E-state index contributed by atoms with van der Waals surface area (Å²) in [4.78, 5) is 15.8. The maximum atomic E-state index is 4.54. The van der Waals surface area contributed by atoms with Gasteiger partial charge < -0.3 is 14.7 Å². The zero-order valence-corrected chi connectivity index (χ0v) is 12.5. The van der Waals surface area contributed by atoms with E-state index in [1.165, 1.54) is 19.3 Å². The highest BCUT2D eigenvalue weighted by Gasteiger charge is 2.21. The summed E-state index contributed by atoms with van der Waals surface area (Å²) in [6.45, 7) is 2.13. The zero-order chi connectivity index (χ0) is 13.8. The summed E-state index contributed by atoms with van der Waals surface area (Å²) >= 11 is 0. The first kappa shape index (κ1) is 14.1. The van der Waals surface area contributed by atoms with Gasteiger partial charge >= 0.3 is 0 Å². The van der Waals surface area contributed by atoms with Gasteiger partial charge in [0.1, 0.15) is 0 Å². The fraction of sp³-hybridized carbons (Fsp3) is 0.714. The number of rotatable bonds is 3. The lowest BCUT2D eigenvalue weighted by atomic mass is 10.1. The molecule has 0 saturated carbocycles. The van der Waals surface area contributed by atoms with Gasteiger partial charge in [0.15, 0.2) is 11.6 Å². The number of nitrogens with zero attached hydrogens (tertiary/aromatic N) is 5. The Morgan fingerprint density at radius 2 is 1.79 bits per heavy atom. The van der Waals surface area contributed by atoms with E-state index in [1.807, 2.05) is 19.0 Å². The quantitative estimate of drug-likeness (QED) is 0.825. The number of hydrogen-bond donors (Lipinski definition) is 0. The molecule has 1 unspecified atom stereocenters. The Morgan fingerprint density at radius 3 is 2.47 bits per heavy atom. The first-order valence-corrected chi connectivity index (χ1v) is 6.99. The van der Waals surface area contributed by atoms with Gasteiger partial charge in [-0.15, -0.1) is 0 Å². The van der Waals surface area contributed by atoms with Crippen LogP contribution in [0.3, 0.4) is 0 Å². The van der Waals surface area contributed by atoms with Crippen LogP contribution in [0.1, 0.15) is 19.3 Å². The van der Waals surface area contributed by atoms with Crippen LogP contribution < -0.4 is 9.80 Å². The standard InChI is InChI=1S/C14H25N5/c1-17(2)12-6-5-10-19(11-7-12)14-13(18(3)4)15-8-9-16-14/h8-9,12H,5-7,10-11H2,1-4H3. The number of hydrogen-bond acceptors (Lipinski definition) is 5. The molecular weight excluding hydrogens is 238 g/mol. The monoisotopic (exact) mass is 263 g/mol. The fourth-order valence-electron chi connectivity index (χ4n) is 2.67. The molecule has 0 radical (unpaired) electrons. The van der Waals surface area contributed by atoms with Crippen molar-refractivity contribution in [2.45, 2.75) is 25.3 Å². The first-order chi connectivity index (χ1) is 9.09. The first-order valence-electron chi connectivity index (χ1n) is 6.99. The molecule has 5 nitrogen and oxygen atoms in total. The summed E-state index contributed by atoms with van der Waals surface area (Å²) in [6.07, 6.45) is 7.22. The second-order valence-electron chi connectivity index (χ2n) is 5.63. The van der Waals surface area contributed by atoms with Crippen molar-refractivity contribution in [2.24, 2.45) is 0 Å². The molecule has 0 N–H and O–H groups in total. The minimum absolute atomic E-state index is 0.685. The van der Waals surface area contributed by atoms with Gasteiger partial charge in [-0.1, -0.05) is 0 Å². The summed E-state index contributed by atoms with van der Waals surface area (Å²) < 4.78 is 0. The van der Waals surface area contributed by atoms with Crippen molar-refractivity contribution in [1.82, 2.24) is 14.9 Å². The van der Waals surface area contributed by atoms with Crippen molar-refractivity contribution in [3.63, 3.8) is 0 Å². The lowest BCUT2D eigenvalue weighted by molar-refractivity contribution is 0.272. The van der Waals surface area contributed by atoms with Crippen molar-refractivity contribution >= 4 is 11.6 Å². The third kappa shape index (κ3) is 3.35. The van der Waals surface area contributed by atoms with E-state index in [4.69, 9.17) is 0 Å². The van der Waals surface area contributed by atoms with E-state index in [1.54, 1.807) is 12.4 Å². The Balaban J connectivity index is 2.14. The lowest BCUT2D eigenvalue weighted by Gasteiger charge is -2.26. The van der Waals surface area contributed by atoms with E-state index in [0.717, 1.165) is 24.7 Å². The highest BCUT2D eigenvalue weighted by Crippen LogP contribution is 2.25. The van der Waals surface area contributed by atoms with E-state index in [2.05, 4.69) is 33.9 Å². The molecule has 1 fully saturated rings. The molecule has 5 heteroatoms. The summed E-state index contributed by atoms with van der Waals surface area (Å²) in [5, 5.41) is 0. The molecule has 1 atom stereocenters. The third-order valence-electron chi connectivity index (χ3n) is 3.81. The second kappa shape index (κ2) is 6.19. The van der Waals surface area contributed by atoms with Crippen molar-refractivity contribution < 1.29 is 0 Å². The van der Waals surface area contributed by atoms with E-state index in [-0.39, 0.29) is 0 Å². The highest BCUT2D eigenvalue weighted by atomic mass is 15.3. The van der Waals surface area contributed by atoms with Gasteiger partial charge in [-0.25, -0.2) is 9.97 Å². The molecule has 1 aromatic heterocycles. The summed E-state index contributed by atoms with van der Waals surface area (Å²) in [6, 6.07) is 0.685. The Kier molecular flexibility index (Phi) is 4.58. The van der Waals surface area contributed by atoms with Gasteiger partial charge in [0.05, 0.1) is 0 Å². The van der Waals surface area contributed by atoms with Gasteiger partial charge in [0, 0.05) is 45.6 Å². The van der Waals surface area contributed by atoms with E-state index in [0.29, 0.717) is 6.04 Å². The molecule has 0 amide bonds. The van der Waals surface area contributed by atoms with Crippen LogP contribution in [0.5, 0.6) is 0 Å². The van der Waals surface area contributed by atoms with Crippen molar-refractivity contribution in [3.8, 4) is 0 Å². The highest BCUT2D eigenvalue weighted by molar-refractivity contribution is 5.61. The lowest BCUT2D eigenvalue weighted by Crippen LogP contribution is -2.31. The molecule has 1 aromatic rings. The predicted octanol–water partition coefficient (Wildman–Crippen LogP) is 1.46. The molecule has 2 heterocycles. The maximum Gasteiger partial charge on any atom is 0.171 e. The average molecular weight is 263 g/mol.